The van der Waals surface area contributed by atoms with Gasteiger partial charge in [-0.05, 0) is 32.0 Å². The number of aromatic nitrogens is 2. The highest BCUT2D eigenvalue weighted by atomic mass is 32.2. The number of rotatable bonds is 5. The molecule has 1 aliphatic heterocycles. The smallest absolute Gasteiger partial charge is 0.325 e. The van der Waals surface area contributed by atoms with E-state index in [-0.39, 0.29) is 11.9 Å². The third-order valence-electron chi connectivity index (χ3n) is 4.31. The van der Waals surface area contributed by atoms with Gasteiger partial charge in [-0.2, -0.15) is 0 Å². The van der Waals surface area contributed by atoms with E-state index >= 15 is 0 Å². The zero-order chi connectivity index (χ0) is 19.0. The Hall–Kier alpha value is -2.87. The van der Waals surface area contributed by atoms with Crippen molar-refractivity contribution < 1.29 is 14.0 Å². The van der Waals surface area contributed by atoms with Crippen LogP contribution in [0, 0.1) is 0 Å². The van der Waals surface area contributed by atoms with E-state index < -0.39 is 5.54 Å². The fourth-order valence-corrected chi connectivity index (χ4v) is 3.87. The zero-order valence-electron chi connectivity index (χ0n) is 14.9. The summed E-state index contributed by atoms with van der Waals surface area (Å²) >= 11 is 1.49. The van der Waals surface area contributed by atoms with Gasteiger partial charge in [0.15, 0.2) is 11.6 Å². The molecule has 3 aromatic rings. The molecule has 1 aliphatic rings. The van der Waals surface area contributed by atoms with E-state index in [2.05, 4.69) is 15.3 Å². The van der Waals surface area contributed by atoms with Crippen molar-refractivity contribution in [3.05, 3.63) is 42.7 Å². The van der Waals surface area contributed by atoms with Crippen LogP contribution in [0.25, 0.3) is 22.5 Å². The molecule has 3 heterocycles. The van der Waals surface area contributed by atoms with Gasteiger partial charge < -0.3 is 9.73 Å². The molecule has 1 fully saturated rings. The van der Waals surface area contributed by atoms with Crippen molar-refractivity contribution in [3.63, 3.8) is 0 Å². The Morgan fingerprint density at radius 1 is 1.15 bits per heavy atom. The van der Waals surface area contributed by atoms with E-state index in [1.807, 2.05) is 30.3 Å². The minimum Gasteiger partial charge on any atom is -0.461 e. The molecule has 1 N–H and O–H groups in total. The number of carbonyl (C=O) groups is 2. The number of carbonyl (C=O) groups excluding carboxylic acids is 2. The first kappa shape index (κ1) is 17.5. The first-order chi connectivity index (χ1) is 13.0. The van der Waals surface area contributed by atoms with Gasteiger partial charge >= 0.3 is 6.03 Å². The first-order valence-electron chi connectivity index (χ1n) is 8.53. The summed E-state index contributed by atoms with van der Waals surface area (Å²) in [5.41, 5.74) is -0.0342. The highest BCUT2D eigenvalue weighted by Gasteiger charge is 2.43. The Morgan fingerprint density at radius 3 is 2.67 bits per heavy atom. The number of benzene rings is 1. The molecule has 2 aromatic heterocycles. The maximum atomic E-state index is 12.3. The van der Waals surface area contributed by atoms with Gasteiger partial charge in [0.2, 0.25) is 0 Å². The van der Waals surface area contributed by atoms with Crippen LogP contribution >= 0.6 is 11.8 Å². The van der Waals surface area contributed by atoms with Crippen LogP contribution in [0.15, 0.2) is 52.1 Å². The molecule has 3 amide bonds. The van der Waals surface area contributed by atoms with Gasteiger partial charge in [0.05, 0.1) is 11.8 Å². The predicted molar refractivity (Wildman–Crippen MR) is 102 cm³/mol. The minimum atomic E-state index is -0.851. The molecule has 0 atom stereocenters. The zero-order valence-corrected chi connectivity index (χ0v) is 15.7. The Kier molecular flexibility index (Phi) is 4.35. The third-order valence-corrected chi connectivity index (χ3v) is 5.28. The van der Waals surface area contributed by atoms with Crippen LogP contribution in [0.1, 0.15) is 13.8 Å². The van der Waals surface area contributed by atoms with Crippen LogP contribution in [0.2, 0.25) is 0 Å². The van der Waals surface area contributed by atoms with Crippen molar-refractivity contribution in [1.82, 2.24) is 20.2 Å². The number of fused-ring (bicyclic) bond motifs is 1. The maximum Gasteiger partial charge on any atom is 0.325 e. The van der Waals surface area contributed by atoms with Crippen molar-refractivity contribution in [2.75, 3.05) is 12.3 Å². The van der Waals surface area contributed by atoms with E-state index in [9.17, 15) is 9.59 Å². The number of hydrogen-bond acceptors (Lipinski definition) is 6. The van der Waals surface area contributed by atoms with Crippen LogP contribution in [-0.4, -0.2) is 44.6 Å². The molecule has 0 spiro atoms. The standard InChI is InChI=1S/C19H18N4O3S/c1-19(2)17(24)23(18(25)22-19)9-11-27-16-12-6-3-4-7-13(12)20-15(21-16)14-8-5-10-26-14/h3-8,10H,9,11H2,1-2H3,(H,22,25). The van der Waals surface area contributed by atoms with Crippen LogP contribution in [0.4, 0.5) is 4.79 Å². The second-order valence-corrected chi connectivity index (χ2v) is 7.79. The number of nitrogens with zero attached hydrogens (tertiary/aromatic N) is 3. The van der Waals surface area contributed by atoms with Crippen molar-refractivity contribution in [2.45, 2.75) is 24.4 Å². The Morgan fingerprint density at radius 2 is 1.96 bits per heavy atom. The van der Waals surface area contributed by atoms with Crippen molar-refractivity contribution in [2.24, 2.45) is 0 Å². The predicted octanol–water partition coefficient (Wildman–Crippen LogP) is 3.31. The monoisotopic (exact) mass is 382 g/mol. The third kappa shape index (κ3) is 3.28. The summed E-state index contributed by atoms with van der Waals surface area (Å²) < 4.78 is 5.42. The van der Waals surface area contributed by atoms with Gasteiger partial charge in [-0.1, -0.05) is 18.2 Å². The molecule has 0 saturated carbocycles. The van der Waals surface area contributed by atoms with Crippen LogP contribution in [-0.2, 0) is 4.79 Å². The first-order valence-corrected chi connectivity index (χ1v) is 9.52. The Bertz CT molecular complexity index is 1020. The molecule has 1 aromatic carbocycles. The lowest BCUT2D eigenvalue weighted by Crippen LogP contribution is -2.40. The summed E-state index contributed by atoms with van der Waals surface area (Å²) in [7, 11) is 0. The van der Waals surface area contributed by atoms with Gasteiger partial charge in [0.1, 0.15) is 10.6 Å². The van der Waals surface area contributed by atoms with E-state index in [0.717, 1.165) is 15.9 Å². The van der Waals surface area contributed by atoms with Crippen LogP contribution in [0.5, 0.6) is 0 Å². The van der Waals surface area contributed by atoms with Crippen molar-refractivity contribution in [1.29, 1.82) is 0 Å². The number of para-hydroxylation sites is 1. The molecule has 27 heavy (non-hydrogen) atoms. The summed E-state index contributed by atoms with van der Waals surface area (Å²) in [5.74, 6) is 1.43. The molecular formula is C19H18N4O3S. The van der Waals surface area contributed by atoms with Gasteiger partial charge in [-0.25, -0.2) is 14.8 Å². The number of urea groups is 1. The Labute approximate surface area is 160 Å². The SMILES string of the molecule is CC1(C)NC(=O)N(CCSc2nc(-c3ccco3)nc3ccccc23)C1=O. The molecular weight excluding hydrogens is 364 g/mol. The lowest BCUT2D eigenvalue weighted by molar-refractivity contribution is -0.130. The van der Waals surface area contributed by atoms with E-state index in [0.29, 0.717) is 23.9 Å². The molecule has 0 aliphatic carbocycles. The number of imide groups is 1. The molecule has 4 rings (SSSR count). The minimum absolute atomic E-state index is 0.211. The molecule has 7 nitrogen and oxygen atoms in total. The average molecular weight is 382 g/mol. The molecule has 0 radical (unpaired) electrons. The number of furan rings is 1. The highest BCUT2D eigenvalue weighted by Crippen LogP contribution is 2.29. The van der Waals surface area contributed by atoms with E-state index in [1.54, 1.807) is 26.2 Å². The maximum absolute atomic E-state index is 12.3. The summed E-state index contributed by atoms with van der Waals surface area (Å²) in [6.45, 7) is 3.72. The number of thioether (sulfide) groups is 1. The van der Waals surface area contributed by atoms with Crippen molar-refractivity contribution in [3.8, 4) is 11.6 Å². The molecule has 0 bridgehead atoms. The lowest BCUT2D eigenvalue weighted by Gasteiger charge is -2.15. The van der Waals surface area contributed by atoms with E-state index in [1.165, 1.54) is 16.7 Å². The topological polar surface area (TPSA) is 88.3 Å². The van der Waals surface area contributed by atoms with Gasteiger partial charge in [0.25, 0.3) is 5.91 Å². The number of nitrogens with one attached hydrogen (secondary N) is 1. The average Bonchev–Trinajstić information content (AvgIpc) is 3.24. The second-order valence-electron chi connectivity index (χ2n) is 6.71. The van der Waals surface area contributed by atoms with E-state index in [4.69, 9.17) is 4.42 Å². The fraction of sp³-hybridized carbons (Fsp3) is 0.263. The molecule has 0 unspecified atom stereocenters. The van der Waals surface area contributed by atoms with Crippen molar-refractivity contribution >= 4 is 34.6 Å². The van der Waals surface area contributed by atoms with Gasteiger partial charge in [0, 0.05) is 17.7 Å². The summed E-state index contributed by atoms with van der Waals surface area (Å²) in [5, 5.41) is 4.41. The molecule has 1 saturated heterocycles. The molecule has 8 heteroatoms. The summed E-state index contributed by atoms with van der Waals surface area (Å²) in [4.78, 5) is 34.8. The highest BCUT2D eigenvalue weighted by molar-refractivity contribution is 7.99. The van der Waals surface area contributed by atoms with Crippen LogP contribution in [0.3, 0.4) is 0 Å². The second kappa shape index (κ2) is 6.70. The molecule has 138 valence electrons. The lowest BCUT2D eigenvalue weighted by atomic mass is 10.1. The Balaban J connectivity index is 1.57. The fourth-order valence-electron chi connectivity index (χ4n) is 2.93. The quantitative estimate of drug-likeness (QED) is 0.414. The summed E-state index contributed by atoms with van der Waals surface area (Å²) in [6.07, 6.45) is 1.58. The number of hydrogen-bond donors (Lipinski definition) is 1. The number of amides is 3. The van der Waals surface area contributed by atoms with Gasteiger partial charge in [-0.3, -0.25) is 9.69 Å². The summed E-state index contributed by atoms with van der Waals surface area (Å²) in [6, 6.07) is 11.0. The van der Waals surface area contributed by atoms with Gasteiger partial charge in [-0.15, -0.1) is 11.8 Å². The largest absolute Gasteiger partial charge is 0.461 e. The van der Waals surface area contributed by atoms with Crippen LogP contribution < -0.4 is 5.32 Å². The normalized spacial score (nSPS) is 16.1.